The third kappa shape index (κ3) is 2.16. The second-order valence-corrected chi connectivity index (χ2v) is 5.02. The van der Waals surface area contributed by atoms with Crippen LogP contribution in [-0.2, 0) is 13.0 Å². The summed E-state index contributed by atoms with van der Waals surface area (Å²) in [5.41, 5.74) is 8.02. The monoisotopic (exact) mass is 243 g/mol. The van der Waals surface area contributed by atoms with E-state index in [1.165, 1.54) is 12.0 Å². The van der Waals surface area contributed by atoms with Gasteiger partial charge in [-0.1, -0.05) is 36.3 Å². The molecule has 4 nitrogen and oxygen atoms in total. The zero-order valence-corrected chi connectivity index (χ0v) is 10.5. The van der Waals surface area contributed by atoms with E-state index in [0.717, 1.165) is 11.4 Å². The van der Waals surface area contributed by atoms with Gasteiger partial charge in [0.25, 0.3) is 0 Å². The third-order valence-electron chi connectivity index (χ3n) is 3.60. The molecule has 1 aromatic carbocycles. The van der Waals surface area contributed by atoms with Crippen molar-refractivity contribution < 1.29 is 4.52 Å². The Morgan fingerprint density at radius 3 is 2.72 bits per heavy atom. The second-order valence-electron chi connectivity index (χ2n) is 5.02. The summed E-state index contributed by atoms with van der Waals surface area (Å²) < 4.78 is 5.32. The van der Waals surface area contributed by atoms with E-state index in [1.54, 1.807) is 0 Å². The number of nitrogens with two attached hydrogens (primary N) is 1. The van der Waals surface area contributed by atoms with Gasteiger partial charge in [-0.3, -0.25) is 0 Å². The van der Waals surface area contributed by atoms with E-state index in [9.17, 15) is 0 Å². The predicted molar refractivity (Wildman–Crippen MR) is 68.0 cm³/mol. The summed E-state index contributed by atoms with van der Waals surface area (Å²) in [5, 5.41) is 4.06. The van der Waals surface area contributed by atoms with Gasteiger partial charge < -0.3 is 10.3 Å². The second kappa shape index (κ2) is 4.53. The maximum absolute atomic E-state index is 5.72. The molecule has 0 saturated heterocycles. The SMILES string of the molecule is CC1CC1c1noc(Cc2ccccc2CN)n1. The first-order valence-corrected chi connectivity index (χ1v) is 6.37. The van der Waals surface area contributed by atoms with Crippen LogP contribution in [0.4, 0.5) is 0 Å². The molecule has 2 unspecified atom stereocenters. The Labute approximate surface area is 106 Å². The van der Waals surface area contributed by atoms with Gasteiger partial charge in [-0.25, -0.2) is 0 Å². The molecule has 4 heteroatoms. The molecule has 0 radical (unpaired) electrons. The van der Waals surface area contributed by atoms with E-state index >= 15 is 0 Å². The van der Waals surface area contributed by atoms with Gasteiger partial charge in [0.2, 0.25) is 5.89 Å². The van der Waals surface area contributed by atoms with Crippen LogP contribution in [0.3, 0.4) is 0 Å². The van der Waals surface area contributed by atoms with Crippen molar-refractivity contribution in [1.82, 2.24) is 10.1 Å². The van der Waals surface area contributed by atoms with E-state index in [2.05, 4.69) is 23.1 Å². The number of hydrogen-bond donors (Lipinski definition) is 1. The van der Waals surface area contributed by atoms with Gasteiger partial charge in [0.15, 0.2) is 5.82 Å². The molecule has 1 aliphatic carbocycles. The first-order chi connectivity index (χ1) is 8.78. The molecule has 0 bridgehead atoms. The Kier molecular flexibility index (Phi) is 2.88. The Balaban J connectivity index is 1.77. The molecular weight excluding hydrogens is 226 g/mol. The molecule has 0 spiro atoms. The van der Waals surface area contributed by atoms with Gasteiger partial charge >= 0.3 is 0 Å². The van der Waals surface area contributed by atoms with Gasteiger partial charge in [-0.15, -0.1) is 0 Å². The van der Waals surface area contributed by atoms with E-state index in [-0.39, 0.29) is 0 Å². The zero-order valence-electron chi connectivity index (χ0n) is 10.5. The molecule has 18 heavy (non-hydrogen) atoms. The topological polar surface area (TPSA) is 64.9 Å². The lowest BCUT2D eigenvalue weighted by Crippen LogP contribution is -2.02. The van der Waals surface area contributed by atoms with Crippen molar-refractivity contribution >= 4 is 0 Å². The van der Waals surface area contributed by atoms with Crippen LogP contribution in [0.15, 0.2) is 28.8 Å². The van der Waals surface area contributed by atoms with Crippen LogP contribution in [0.2, 0.25) is 0 Å². The molecule has 0 amide bonds. The van der Waals surface area contributed by atoms with Crippen LogP contribution >= 0.6 is 0 Å². The molecule has 1 fully saturated rings. The fourth-order valence-corrected chi connectivity index (χ4v) is 2.26. The number of benzene rings is 1. The highest BCUT2D eigenvalue weighted by Crippen LogP contribution is 2.45. The maximum atomic E-state index is 5.72. The molecule has 2 atom stereocenters. The van der Waals surface area contributed by atoms with Crippen molar-refractivity contribution in [2.75, 3.05) is 0 Å². The largest absolute Gasteiger partial charge is 0.339 e. The minimum absolute atomic E-state index is 0.507. The molecule has 1 heterocycles. The summed E-state index contributed by atoms with van der Waals surface area (Å²) in [6.07, 6.45) is 1.85. The van der Waals surface area contributed by atoms with Gasteiger partial charge in [0.1, 0.15) is 0 Å². The summed E-state index contributed by atoms with van der Waals surface area (Å²) >= 11 is 0. The van der Waals surface area contributed by atoms with E-state index < -0.39 is 0 Å². The molecule has 1 aliphatic rings. The quantitative estimate of drug-likeness (QED) is 0.894. The van der Waals surface area contributed by atoms with Crippen molar-refractivity contribution in [3.05, 3.63) is 47.1 Å². The lowest BCUT2D eigenvalue weighted by Gasteiger charge is -2.03. The number of nitrogens with zero attached hydrogens (tertiary/aromatic N) is 2. The Bertz CT molecular complexity index is 549. The number of hydrogen-bond acceptors (Lipinski definition) is 4. The normalized spacial score (nSPS) is 22.1. The predicted octanol–water partition coefficient (Wildman–Crippen LogP) is 2.24. The van der Waals surface area contributed by atoms with Crippen LogP contribution in [-0.4, -0.2) is 10.1 Å². The van der Waals surface area contributed by atoms with E-state index in [0.29, 0.717) is 30.7 Å². The minimum Gasteiger partial charge on any atom is -0.339 e. The van der Waals surface area contributed by atoms with Crippen molar-refractivity contribution in [3.8, 4) is 0 Å². The standard InChI is InChI=1S/C14H17N3O/c1-9-6-12(9)14-16-13(18-17-14)7-10-4-2-3-5-11(10)8-15/h2-5,9,12H,6-8,15H2,1H3. The van der Waals surface area contributed by atoms with Crippen molar-refractivity contribution in [2.24, 2.45) is 11.7 Å². The first-order valence-electron chi connectivity index (χ1n) is 6.37. The maximum Gasteiger partial charge on any atom is 0.231 e. The van der Waals surface area contributed by atoms with Gasteiger partial charge in [0, 0.05) is 12.5 Å². The summed E-state index contributed by atoms with van der Waals surface area (Å²) in [6.45, 7) is 2.75. The molecular formula is C14H17N3O. The molecule has 2 N–H and O–H groups in total. The average molecular weight is 243 g/mol. The highest BCUT2D eigenvalue weighted by molar-refractivity contribution is 5.29. The summed E-state index contributed by atoms with van der Waals surface area (Å²) in [6, 6.07) is 8.10. The van der Waals surface area contributed by atoms with Gasteiger partial charge in [-0.05, 0) is 23.5 Å². The van der Waals surface area contributed by atoms with Gasteiger partial charge in [0.05, 0.1) is 6.42 Å². The van der Waals surface area contributed by atoms with Crippen molar-refractivity contribution in [1.29, 1.82) is 0 Å². The number of aromatic nitrogens is 2. The van der Waals surface area contributed by atoms with Crippen LogP contribution in [0, 0.1) is 5.92 Å². The van der Waals surface area contributed by atoms with Crippen LogP contribution in [0.25, 0.3) is 0 Å². The van der Waals surface area contributed by atoms with Crippen LogP contribution < -0.4 is 5.73 Å². The Morgan fingerprint density at radius 2 is 2.06 bits per heavy atom. The first kappa shape index (κ1) is 11.4. The lowest BCUT2D eigenvalue weighted by molar-refractivity contribution is 0.379. The minimum atomic E-state index is 0.507. The van der Waals surface area contributed by atoms with Crippen LogP contribution in [0.5, 0.6) is 0 Å². The van der Waals surface area contributed by atoms with E-state index in [4.69, 9.17) is 10.3 Å². The fourth-order valence-electron chi connectivity index (χ4n) is 2.26. The smallest absolute Gasteiger partial charge is 0.231 e. The summed E-state index contributed by atoms with van der Waals surface area (Å²) in [4.78, 5) is 4.47. The molecule has 1 aromatic heterocycles. The van der Waals surface area contributed by atoms with Crippen molar-refractivity contribution in [2.45, 2.75) is 32.2 Å². The van der Waals surface area contributed by atoms with Crippen LogP contribution in [0.1, 0.15) is 42.1 Å². The van der Waals surface area contributed by atoms with Gasteiger partial charge in [-0.2, -0.15) is 4.98 Å². The Hall–Kier alpha value is -1.68. The van der Waals surface area contributed by atoms with E-state index in [1.807, 2.05) is 18.2 Å². The third-order valence-corrected chi connectivity index (χ3v) is 3.60. The molecule has 3 rings (SSSR count). The number of rotatable bonds is 4. The highest BCUT2D eigenvalue weighted by Gasteiger charge is 2.38. The fraction of sp³-hybridized carbons (Fsp3) is 0.429. The van der Waals surface area contributed by atoms with Crippen molar-refractivity contribution in [3.63, 3.8) is 0 Å². The highest BCUT2D eigenvalue weighted by atomic mass is 16.5. The Morgan fingerprint density at radius 1 is 1.33 bits per heavy atom. The lowest BCUT2D eigenvalue weighted by atomic mass is 10.0. The summed E-state index contributed by atoms with van der Waals surface area (Å²) in [5.74, 6) is 2.76. The molecule has 2 aromatic rings. The molecule has 1 saturated carbocycles. The summed E-state index contributed by atoms with van der Waals surface area (Å²) in [7, 11) is 0. The molecule has 0 aliphatic heterocycles. The molecule has 94 valence electrons. The zero-order chi connectivity index (χ0) is 12.5. The average Bonchev–Trinajstić information content (AvgIpc) is 2.94.